The van der Waals surface area contributed by atoms with Crippen LogP contribution >= 0.6 is 11.6 Å². The van der Waals surface area contributed by atoms with Gasteiger partial charge in [0, 0.05) is 35.2 Å². The Labute approximate surface area is 121 Å². The Morgan fingerprint density at radius 2 is 2.05 bits per heavy atom. The molecule has 0 amide bonds. The summed E-state index contributed by atoms with van der Waals surface area (Å²) in [5.41, 5.74) is 8.24. The first-order valence-electron chi connectivity index (χ1n) is 6.10. The normalized spacial score (nSPS) is 10.7. The molecule has 2 N–H and O–H groups in total. The minimum absolute atomic E-state index is 0.358. The third-order valence-electron chi connectivity index (χ3n) is 3.01. The quantitative estimate of drug-likeness (QED) is 0.749. The van der Waals surface area contributed by atoms with Gasteiger partial charge < -0.3 is 10.5 Å². The van der Waals surface area contributed by atoms with E-state index in [2.05, 4.69) is 9.97 Å². The van der Waals surface area contributed by atoms with Gasteiger partial charge in [-0.2, -0.15) is 0 Å². The lowest BCUT2D eigenvalue weighted by Gasteiger charge is -2.10. The highest BCUT2D eigenvalue weighted by Crippen LogP contribution is 2.29. The fourth-order valence-electron chi connectivity index (χ4n) is 1.96. The molecular formula is C15H12ClN3O. The number of nitrogen functional groups attached to an aromatic ring is 1. The molecule has 0 radical (unpaired) electrons. The lowest BCUT2D eigenvalue weighted by atomic mass is 10.1. The van der Waals surface area contributed by atoms with Crippen molar-refractivity contribution >= 4 is 28.2 Å². The predicted octanol–water partition coefficient (Wildman–Crippen LogP) is 3.44. The molecule has 4 nitrogen and oxygen atoms in total. The molecule has 100 valence electrons. The Morgan fingerprint density at radius 1 is 1.15 bits per heavy atom. The number of anilines is 1. The van der Waals surface area contributed by atoms with Crippen LogP contribution in [0.25, 0.3) is 10.9 Å². The summed E-state index contributed by atoms with van der Waals surface area (Å²) in [6.07, 6.45) is 5.00. The molecule has 3 rings (SSSR count). The number of halogens is 1. The third-order valence-corrected chi connectivity index (χ3v) is 3.35. The van der Waals surface area contributed by atoms with E-state index < -0.39 is 0 Å². The second-order valence-corrected chi connectivity index (χ2v) is 4.72. The van der Waals surface area contributed by atoms with Crippen LogP contribution in [0.4, 0.5) is 5.69 Å². The SMILES string of the molecule is Nc1ccc(OCc2ccncc2Cl)c2ncccc12. The first kappa shape index (κ1) is 12.7. The van der Waals surface area contributed by atoms with E-state index in [1.54, 1.807) is 18.6 Å². The highest BCUT2D eigenvalue weighted by molar-refractivity contribution is 6.31. The van der Waals surface area contributed by atoms with Crippen LogP contribution in [-0.2, 0) is 6.61 Å². The Morgan fingerprint density at radius 3 is 2.90 bits per heavy atom. The highest BCUT2D eigenvalue weighted by Gasteiger charge is 2.07. The van der Waals surface area contributed by atoms with Crippen LogP contribution in [0.3, 0.4) is 0 Å². The molecule has 5 heteroatoms. The van der Waals surface area contributed by atoms with E-state index in [9.17, 15) is 0 Å². The van der Waals surface area contributed by atoms with Gasteiger partial charge in [-0.15, -0.1) is 0 Å². The zero-order chi connectivity index (χ0) is 13.9. The number of rotatable bonds is 3. The number of benzene rings is 1. The maximum absolute atomic E-state index is 6.06. The number of ether oxygens (including phenoxy) is 1. The van der Waals surface area contributed by atoms with Crippen molar-refractivity contribution in [3.63, 3.8) is 0 Å². The summed E-state index contributed by atoms with van der Waals surface area (Å²) < 4.78 is 5.81. The van der Waals surface area contributed by atoms with Gasteiger partial charge in [0.25, 0.3) is 0 Å². The molecule has 0 atom stereocenters. The van der Waals surface area contributed by atoms with Gasteiger partial charge in [-0.3, -0.25) is 9.97 Å². The van der Waals surface area contributed by atoms with Gasteiger partial charge in [0.15, 0.2) is 0 Å². The van der Waals surface area contributed by atoms with Gasteiger partial charge in [0.1, 0.15) is 17.9 Å². The fraction of sp³-hybridized carbons (Fsp3) is 0.0667. The molecular weight excluding hydrogens is 274 g/mol. The second kappa shape index (κ2) is 5.35. The monoisotopic (exact) mass is 285 g/mol. The molecule has 20 heavy (non-hydrogen) atoms. The molecule has 0 saturated heterocycles. The molecule has 3 aromatic rings. The van der Waals surface area contributed by atoms with Gasteiger partial charge in [-0.05, 0) is 30.3 Å². The highest BCUT2D eigenvalue weighted by atomic mass is 35.5. The predicted molar refractivity (Wildman–Crippen MR) is 79.7 cm³/mol. The number of pyridine rings is 2. The molecule has 0 aliphatic rings. The summed E-state index contributed by atoms with van der Waals surface area (Å²) in [4.78, 5) is 8.27. The average molecular weight is 286 g/mol. The number of hydrogen-bond acceptors (Lipinski definition) is 4. The summed E-state index contributed by atoms with van der Waals surface area (Å²) in [5, 5.41) is 1.46. The van der Waals surface area contributed by atoms with E-state index in [-0.39, 0.29) is 0 Å². The Balaban J connectivity index is 1.92. The summed E-state index contributed by atoms with van der Waals surface area (Å²) >= 11 is 6.06. The number of nitrogens with two attached hydrogens (primary N) is 1. The van der Waals surface area contributed by atoms with Crippen molar-refractivity contribution in [2.75, 3.05) is 5.73 Å². The van der Waals surface area contributed by atoms with Crippen LogP contribution in [-0.4, -0.2) is 9.97 Å². The largest absolute Gasteiger partial charge is 0.487 e. The van der Waals surface area contributed by atoms with E-state index in [1.165, 1.54) is 0 Å². The van der Waals surface area contributed by atoms with Crippen molar-refractivity contribution in [2.45, 2.75) is 6.61 Å². The topological polar surface area (TPSA) is 61.0 Å². The van der Waals surface area contributed by atoms with Gasteiger partial charge in [0.2, 0.25) is 0 Å². The minimum atomic E-state index is 0.358. The number of hydrogen-bond donors (Lipinski definition) is 1. The van der Waals surface area contributed by atoms with Crippen LogP contribution in [0.15, 0.2) is 48.9 Å². The number of fused-ring (bicyclic) bond motifs is 1. The Kier molecular flexibility index (Phi) is 3.39. The molecule has 0 aliphatic heterocycles. The summed E-state index contributed by atoms with van der Waals surface area (Å²) in [5.74, 6) is 0.683. The molecule has 0 bridgehead atoms. The van der Waals surface area contributed by atoms with Crippen LogP contribution in [0.5, 0.6) is 5.75 Å². The van der Waals surface area contributed by atoms with E-state index in [0.29, 0.717) is 23.1 Å². The zero-order valence-electron chi connectivity index (χ0n) is 10.6. The van der Waals surface area contributed by atoms with Crippen LogP contribution in [0, 0.1) is 0 Å². The maximum atomic E-state index is 6.06. The van der Waals surface area contributed by atoms with Gasteiger partial charge >= 0.3 is 0 Å². The van der Waals surface area contributed by atoms with Crippen molar-refractivity contribution in [2.24, 2.45) is 0 Å². The van der Waals surface area contributed by atoms with Crippen LogP contribution in [0.1, 0.15) is 5.56 Å². The second-order valence-electron chi connectivity index (χ2n) is 4.31. The van der Waals surface area contributed by atoms with Crippen LogP contribution in [0.2, 0.25) is 5.02 Å². The summed E-state index contributed by atoms with van der Waals surface area (Å²) in [6.45, 7) is 0.358. The van der Waals surface area contributed by atoms with Crippen LogP contribution < -0.4 is 10.5 Å². The molecule has 0 fully saturated rings. The molecule has 0 unspecified atom stereocenters. The molecule has 0 spiro atoms. The Bertz CT molecular complexity index is 761. The number of aromatic nitrogens is 2. The smallest absolute Gasteiger partial charge is 0.146 e. The van der Waals surface area contributed by atoms with Crippen molar-refractivity contribution in [3.05, 3.63) is 59.5 Å². The van der Waals surface area contributed by atoms with E-state index in [1.807, 2.05) is 30.3 Å². The van der Waals surface area contributed by atoms with Crippen molar-refractivity contribution in [3.8, 4) is 5.75 Å². The summed E-state index contributed by atoms with van der Waals surface area (Å²) in [6, 6.07) is 9.23. The average Bonchev–Trinajstić information content (AvgIpc) is 2.48. The molecule has 0 aliphatic carbocycles. The lowest BCUT2D eigenvalue weighted by molar-refractivity contribution is 0.309. The summed E-state index contributed by atoms with van der Waals surface area (Å²) in [7, 11) is 0. The molecule has 1 aromatic carbocycles. The van der Waals surface area contributed by atoms with E-state index in [0.717, 1.165) is 16.5 Å². The Hall–Kier alpha value is -2.33. The van der Waals surface area contributed by atoms with Crippen molar-refractivity contribution in [1.29, 1.82) is 0 Å². The number of nitrogens with zero attached hydrogens (tertiary/aromatic N) is 2. The third kappa shape index (κ3) is 2.38. The van der Waals surface area contributed by atoms with E-state index >= 15 is 0 Å². The standard InChI is InChI=1S/C15H12ClN3O/c16-12-8-18-7-5-10(12)9-20-14-4-3-13(17)11-2-1-6-19-15(11)14/h1-8H,9,17H2. The first-order chi connectivity index (χ1) is 9.75. The molecule has 0 saturated carbocycles. The first-order valence-corrected chi connectivity index (χ1v) is 6.48. The zero-order valence-corrected chi connectivity index (χ0v) is 11.3. The maximum Gasteiger partial charge on any atom is 0.146 e. The molecule has 2 aromatic heterocycles. The van der Waals surface area contributed by atoms with Crippen molar-refractivity contribution in [1.82, 2.24) is 9.97 Å². The molecule has 2 heterocycles. The van der Waals surface area contributed by atoms with Gasteiger partial charge in [-0.25, -0.2) is 0 Å². The van der Waals surface area contributed by atoms with Gasteiger partial charge in [-0.1, -0.05) is 11.6 Å². The lowest BCUT2D eigenvalue weighted by Crippen LogP contribution is -1.99. The minimum Gasteiger partial charge on any atom is -0.487 e. The van der Waals surface area contributed by atoms with E-state index in [4.69, 9.17) is 22.1 Å². The fourth-order valence-corrected chi connectivity index (χ4v) is 2.14. The van der Waals surface area contributed by atoms with Gasteiger partial charge in [0.05, 0.1) is 5.02 Å². The van der Waals surface area contributed by atoms with Crippen molar-refractivity contribution < 1.29 is 4.74 Å².